The molecule has 1 aromatic carbocycles. The Balaban J connectivity index is 2.41. The maximum Gasteiger partial charge on any atom is 0.123 e. The molecule has 0 spiro atoms. The Kier molecular flexibility index (Phi) is 1.96. The Labute approximate surface area is 84.1 Å². The summed E-state index contributed by atoms with van der Waals surface area (Å²) in [4.78, 5) is 0. The lowest BCUT2D eigenvalue weighted by Gasteiger charge is -2.36. The molecule has 72 valence electrons. The van der Waals surface area contributed by atoms with Gasteiger partial charge in [0.1, 0.15) is 11.4 Å². The summed E-state index contributed by atoms with van der Waals surface area (Å²) in [6, 6.07) is 10.2. The Morgan fingerprint density at radius 2 is 2.14 bits per heavy atom. The van der Waals surface area contributed by atoms with Crippen molar-refractivity contribution in [1.29, 1.82) is 5.26 Å². The van der Waals surface area contributed by atoms with Crippen molar-refractivity contribution in [1.82, 2.24) is 0 Å². The molecule has 14 heavy (non-hydrogen) atoms. The number of rotatable bonds is 0. The second-order valence-electron chi connectivity index (χ2n) is 4.20. The van der Waals surface area contributed by atoms with Crippen molar-refractivity contribution in [3.05, 3.63) is 29.8 Å². The van der Waals surface area contributed by atoms with E-state index in [0.29, 0.717) is 0 Å². The van der Waals surface area contributed by atoms with Gasteiger partial charge in [-0.25, -0.2) is 0 Å². The largest absolute Gasteiger partial charge is 0.486 e. The van der Waals surface area contributed by atoms with Crippen LogP contribution in [0, 0.1) is 17.2 Å². The smallest absolute Gasteiger partial charge is 0.123 e. The van der Waals surface area contributed by atoms with E-state index in [0.717, 1.165) is 17.7 Å². The van der Waals surface area contributed by atoms with Crippen LogP contribution in [0.3, 0.4) is 0 Å². The van der Waals surface area contributed by atoms with Crippen molar-refractivity contribution in [2.45, 2.75) is 25.9 Å². The highest BCUT2D eigenvalue weighted by molar-refractivity contribution is 5.37. The minimum absolute atomic E-state index is 0.0580. The molecule has 0 amide bonds. The number of ether oxygens (including phenoxy) is 1. The third-order valence-corrected chi connectivity index (χ3v) is 2.76. The quantitative estimate of drug-likeness (QED) is 0.625. The molecular weight excluding hydrogens is 174 g/mol. The van der Waals surface area contributed by atoms with E-state index in [4.69, 9.17) is 10.00 Å². The molecule has 1 aliphatic heterocycles. The first-order valence-corrected chi connectivity index (χ1v) is 4.80. The van der Waals surface area contributed by atoms with Crippen LogP contribution in [0.4, 0.5) is 0 Å². The molecule has 2 rings (SSSR count). The third-order valence-electron chi connectivity index (χ3n) is 2.76. The molecule has 0 saturated carbocycles. The highest BCUT2D eigenvalue weighted by Gasteiger charge is 2.36. The topological polar surface area (TPSA) is 33.0 Å². The molecule has 2 heteroatoms. The Morgan fingerprint density at radius 3 is 2.86 bits per heavy atom. The number of para-hydroxylation sites is 1. The molecule has 1 aromatic rings. The van der Waals surface area contributed by atoms with Gasteiger partial charge in [-0.1, -0.05) is 18.2 Å². The van der Waals surface area contributed by atoms with Gasteiger partial charge in [0.2, 0.25) is 0 Å². The minimum atomic E-state index is -0.372. The molecule has 0 saturated heterocycles. The number of hydrogen-bond donors (Lipinski definition) is 0. The van der Waals surface area contributed by atoms with Crippen LogP contribution in [0.15, 0.2) is 24.3 Å². The van der Waals surface area contributed by atoms with Gasteiger partial charge in [-0.15, -0.1) is 0 Å². The van der Waals surface area contributed by atoms with Crippen LogP contribution in [0.5, 0.6) is 5.75 Å². The lowest BCUT2D eigenvalue weighted by atomic mass is 9.84. The minimum Gasteiger partial charge on any atom is -0.486 e. The van der Waals surface area contributed by atoms with Crippen molar-refractivity contribution >= 4 is 0 Å². The van der Waals surface area contributed by atoms with E-state index < -0.39 is 0 Å². The first-order valence-electron chi connectivity index (χ1n) is 4.80. The zero-order valence-corrected chi connectivity index (χ0v) is 8.45. The molecular formula is C12H13NO. The van der Waals surface area contributed by atoms with Crippen LogP contribution in [0.1, 0.15) is 19.4 Å². The molecule has 0 aromatic heterocycles. The fraction of sp³-hybridized carbons (Fsp3) is 0.417. The lowest BCUT2D eigenvalue weighted by molar-refractivity contribution is 0.0514. The van der Waals surface area contributed by atoms with Gasteiger partial charge in [-0.05, 0) is 31.9 Å². The number of fused-ring (bicyclic) bond motifs is 1. The average Bonchev–Trinajstić information content (AvgIpc) is 2.15. The predicted molar refractivity (Wildman–Crippen MR) is 54.0 cm³/mol. The summed E-state index contributed by atoms with van der Waals surface area (Å²) in [6.45, 7) is 3.94. The van der Waals surface area contributed by atoms with Gasteiger partial charge in [-0.2, -0.15) is 5.26 Å². The number of hydrogen-bond acceptors (Lipinski definition) is 2. The summed E-state index contributed by atoms with van der Waals surface area (Å²) in [5.74, 6) is 0.862. The summed E-state index contributed by atoms with van der Waals surface area (Å²) in [5.41, 5.74) is 0.765. The average molecular weight is 187 g/mol. The molecule has 0 bridgehead atoms. The van der Waals surface area contributed by atoms with E-state index in [1.165, 1.54) is 0 Å². The van der Waals surface area contributed by atoms with Crippen LogP contribution in [0.2, 0.25) is 0 Å². The van der Waals surface area contributed by atoms with E-state index >= 15 is 0 Å². The van der Waals surface area contributed by atoms with Crippen molar-refractivity contribution in [2.75, 3.05) is 0 Å². The molecule has 0 fully saturated rings. The lowest BCUT2D eigenvalue weighted by Crippen LogP contribution is -2.41. The van der Waals surface area contributed by atoms with Gasteiger partial charge < -0.3 is 4.74 Å². The normalized spacial score (nSPS) is 23.1. The summed E-state index contributed by atoms with van der Waals surface area (Å²) >= 11 is 0. The van der Waals surface area contributed by atoms with Crippen molar-refractivity contribution in [3.63, 3.8) is 0 Å². The second kappa shape index (κ2) is 3.02. The summed E-state index contributed by atoms with van der Waals surface area (Å²) in [5, 5.41) is 9.02. The van der Waals surface area contributed by atoms with Crippen molar-refractivity contribution < 1.29 is 4.74 Å². The Morgan fingerprint density at radius 1 is 1.43 bits per heavy atom. The van der Waals surface area contributed by atoms with Gasteiger partial charge >= 0.3 is 0 Å². The summed E-state index contributed by atoms with van der Waals surface area (Å²) in [6.07, 6.45) is 0.791. The highest BCUT2D eigenvalue weighted by Crippen LogP contribution is 2.36. The Hall–Kier alpha value is -1.49. The maximum atomic E-state index is 9.02. The zero-order chi connectivity index (χ0) is 10.2. The summed E-state index contributed by atoms with van der Waals surface area (Å²) in [7, 11) is 0. The monoisotopic (exact) mass is 187 g/mol. The van der Waals surface area contributed by atoms with Crippen LogP contribution < -0.4 is 4.74 Å². The molecule has 1 heterocycles. The van der Waals surface area contributed by atoms with E-state index in [1.54, 1.807) is 0 Å². The van der Waals surface area contributed by atoms with E-state index in [1.807, 2.05) is 38.1 Å². The zero-order valence-electron chi connectivity index (χ0n) is 8.45. The first kappa shape index (κ1) is 9.08. The molecule has 0 radical (unpaired) electrons. The van der Waals surface area contributed by atoms with Gasteiger partial charge in [0.15, 0.2) is 0 Å². The number of nitriles is 1. The number of benzene rings is 1. The van der Waals surface area contributed by atoms with Crippen molar-refractivity contribution in [3.8, 4) is 11.8 Å². The van der Waals surface area contributed by atoms with Crippen molar-refractivity contribution in [2.24, 2.45) is 5.92 Å². The van der Waals surface area contributed by atoms with Crippen LogP contribution in [-0.2, 0) is 6.42 Å². The molecule has 0 aliphatic carbocycles. The van der Waals surface area contributed by atoms with E-state index in [2.05, 4.69) is 6.07 Å². The van der Waals surface area contributed by atoms with Gasteiger partial charge in [0, 0.05) is 0 Å². The SMILES string of the molecule is CC1(C)Oc2ccccc2CC1C#N. The van der Waals surface area contributed by atoms with Gasteiger partial charge in [-0.3, -0.25) is 0 Å². The van der Waals surface area contributed by atoms with E-state index in [9.17, 15) is 0 Å². The second-order valence-corrected chi connectivity index (χ2v) is 4.20. The van der Waals surface area contributed by atoms with Gasteiger partial charge in [0.05, 0.1) is 12.0 Å². The van der Waals surface area contributed by atoms with Crippen LogP contribution in [-0.4, -0.2) is 5.60 Å². The summed E-state index contributed by atoms with van der Waals surface area (Å²) < 4.78 is 5.80. The fourth-order valence-corrected chi connectivity index (χ4v) is 1.79. The molecule has 1 aliphatic rings. The van der Waals surface area contributed by atoms with Crippen LogP contribution >= 0.6 is 0 Å². The first-order chi connectivity index (χ1) is 6.63. The number of nitrogens with zero attached hydrogens (tertiary/aromatic N) is 1. The maximum absolute atomic E-state index is 9.02. The molecule has 2 nitrogen and oxygen atoms in total. The molecule has 1 atom stereocenters. The van der Waals surface area contributed by atoms with E-state index in [-0.39, 0.29) is 11.5 Å². The van der Waals surface area contributed by atoms with Crippen LogP contribution in [0.25, 0.3) is 0 Å². The third kappa shape index (κ3) is 1.35. The van der Waals surface area contributed by atoms with Gasteiger partial charge in [0.25, 0.3) is 0 Å². The highest BCUT2D eigenvalue weighted by atomic mass is 16.5. The molecule has 1 unspecified atom stereocenters. The molecule has 0 N–H and O–H groups in total. The fourth-order valence-electron chi connectivity index (χ4n) is 1.79. The standard InChI is InChI=1S/C12H13NO/c1-12(2)10(8-13)7-9-5-3-4-6-11(9)14-12/h3-6,10H,7H2,1-2H3. The Bertz CT molecular complexity index is 390. The predicted octanol–water partition coefficient (Wildman–Crippen LogP) is 2.54.